The zero-order valence-corrected chi connectivity index (χ0v) is 14.0. The molecule has 0 aromatic rings. The molecule has 1 N–H and O–H groups in total. The first-order valence-electron chi connectivity index (χ1n) is 8.07. The van der Waals surface area contributed by atoms with Gasteiger partial charge in [-0.3, -0.25) is 9.59 Å². The molecule has 2 amide bonds. The van der Waals surface area contributed by atoms with Gasteiger partial charge in [-0.1, -0.05) is 27.7 Å². The highest BCUT2D eigenvalue weighted by atomic mass is 16.5. The summed E-state index contributed by atoms with van der Waals surface area (Å²) in [5, 5.41) is 2.90. The lowest BCUT2D eigenvalue weighted by atomic mass is 9.93. The Hall–Kier alpha value is -1.10. The number of carbonyl (C=O) groups excluding carboxylic acids is 2. The lowest BCUT2D eigenvalue weighted by molar-refractivity contribution is -0.151. The Morgan fingerprint density at radius 1 is 1.24 bits per heavy atom. The Labute approximate surface area is 128 Å². The van der Waals surface area contributed by atoms with E-state index in [0.29, 0.717) is 32.1 Å². The zero-order chi connectivity index (χ0) is 16.0. The van der Waals surface area contributed by atoms with Gasteiger partial charge in [0.2, 0.25) is 11.8 Å². The third-order valence-electron chi connectivity index (χ3n) is 3.73. The first-order chi connectivity index (χ1) is 9.88. The number of ether oxygens (including phenoxy) is 1. The summed E-state index contributed by atoms with van der Waals surface area (Å²) in [5.74, 6) is 0.520. The molecule has 5 heteroatoms. The highest BCUT2D eigenvalue weighted by molar-refractivity contribution is 5.97. The van der Waals surface area contributed by atoms with Gasteiger partial charge in [0, 0.05) is 19.8 Å². The van der Waals surface area contributed by atoms with Crippen molar-refractivity contribution in [3.05, 3.63) is 0 Å². The molecular weight excluding hydrogens is 268 g/mol. The highest BCUT2D eigenvalue weighted by Gasteiger charge is 2.41. The molecule has 1 aliphatic heterocycles. The molecule has 0 saturated carbocycles. The summed E-state index contributed by atoms with van der Waals surface area (Å²) >= 11 is 0. The minimum absolute atomic E-state index is 0.0216. The van der Waals surface area contributed by atoms with E-state index >= 15 is 0 Å². The standard InChI is InChI=1S/C16H30N2O3/c1-6-21-9-7-8-18-14(12(4)5)15(19)17-13(16(18)20)10-11(2)3/h11-14H,6-10H2,1-5H3,(H,17,19). The van der Waals surface area contributed by atoms with E-state index in [1.165, 1.54) is 0 Å². The Balaban J connectivity index is 2.77. The van der Waals surface area contributed by atoms with Gasteiger partial charge in [0.25, 0.3) is 0 Å². The van der Waals surface area contributed by atoms with Gasteiger partial charge < -0.3 is 15.0 Å². The summed E-state index contributed by atoms with van der Waals surface area (Å²) in [7, 11) is 0. The molecule has 0 radical (unpaired) electrons. The molecule has 122 valence electrons. The van der Waals surface area contributed by atoms with Crippen molar-refractivity contribution in [3.8, 4) is 0 Å². The molecule has 1 heterocycles. The quantitative estimate of drug-likeness (QED) is 0.695. The van der Waals surface area contributed by atoms with Crippen LogP contribution >= 0.6 is 0 Å². The molecule has 5 nitrogen and oxygen atoms in total. The molecule has 0 aromatic heterocycles. The summed E-state index contributed by atoms with van der Waals surface area (Å²) in [6.45, 7) is 11.9. The van der Waals surface area contributed by atoms with Crippen molar-refractivity contribution in [2.75, 3.05) is 19.8 Å². The van der Waals surface area contributed by atoms with Crippen molar-refractivity contribution in [3.63, 3.8) is 0 Å². The van der Waals surface area contributed by atoms with Gasteiger partial charge in [-0.25, -0.2) is 0 Å². The van der Waals surface area contributed by atoms with E-state index in [1.807, 2.05) is 20.8 Å². The molecule has 2 atom stereocenters. The van der Waals surface area contributed by atoms with Crippen molar-refractivity contribution < 1.29 is 14.3 Å². The fourth-order valence-electron chi connectivity index (χ4n) is 2.82. The lowest BCUT2D eigenvalue weighted by Gasteiger charge is -2.41. The van der Waals surface area contributed by atoms with Crippen LogP contribution in [0.25, 0.3) is 0 Å². The molecule has 0 aromatic carbocycles. The topological polar surface area (TPSA) is 58.6 Å². The van der Waals surface area contributed by atoms with Crippen LogP contribution in [0.1, 0.15) is 47.5 Å². The monoisotopic (exact) mass is 298 g/mol. The van der Waals surface area contributed by atoms with Crippen LogP contribution in [0.2, 0.25) is 0 Å². The SMILES string of the molecule is CCOCCCN1C(=O)C(CC(C)C)NC(=O)C1C(C)C. The number of hydrogen-bond donors (Lipinski definition) is 1. The fourth-order valence-corrected chi connectivity index (χ4v) is 2.82. The maximum Gasteiger partial charge on any atom is 0.245 e. The molecule has 0 spiro atoms. The Bertz CT molecular complexity index is 355. The minimum Gasteiger partial charge on any atom is -0.382 e. The third-order valence-corrected chi connectivity index (χ3v) is 3.73. The van der Waals surface area contributed by atoms with Crippen LogP contribution in [0.5, 0.6) is 0 Å². The van der Waals surface area contributed by atoms with Gasteiger partial charge in [-0.15, -0.1) is 0 Å². The maximum absolute atomic E-state index is 12.7. The number of piperazine rings is 1. The fraction of sp³-hybridized carbons (Fsp3) is 0.875. The molecule has 1 fully saturated rings. The summed E-state index contributed by atoms with van der Waals surface area (Å²) < 4.78 is 5.34. The van der Waals surface area contributed by atoms with Crippen molar-refractivity contribution in [2.24, 2.45) is 11.8 Å². The van der Waals surface area contributed by atoms with E-state index in [1.54, 1.807) is 4.90 Å². The predicted molar refractivity (Wildman–Crippen MR) is 82.8 cm³/mol. The van der Waals surface area contributed by atoms with E-state index in [9.17, 15) is 9.59 Å². The Morgan fingerprint density at radius 2 is 1.90 bits per heavy atom. The number of nitrogens with one attached hydrogen (secondary N) is 1. The smallest absolute Gasteiger partial charge is 0.245 e. The van der Waals surface area contributed by atoms with Gasteiger partial charge in [0.15, 0.2) is 0 Å². The summed E-state index contributed by atoms with van der Waals surface area (Å²) in [6.07, 6.45) is 1.46. The second-order valence-electron chi connectivity index (χ2n) is 6.46. The number of amides is 2. The number of carbonyl (C=O) groups is 2. The van der Waals surface area contributed by atoms with E-state index in [2.05, 4.69) is 19.2 Å². The van der Waals surface area contributed by atoms with E-state index in [0.717, 1.165) is 6.42 Å². The van der Waals surface area contributed by atoms with E-state index < -0.39 is 0 Å². The molecule has 0 aliphatic carbocycles. The average Bonchev–Trinajstić information content (AvgIpc) is 2.38. The minimum atomic E-state index is -0.375. The van der Waals surface area contributed by atoms with Gasteiger partial charge in [0.05, 0.1) is 0 Å². The zero-order valence-electron chi connectivity index (χ0n) is 14.0. The Morgan fingerprint density at radius 3 is 2.43 bits per heavy atom. The second kappa shape index (κ2) is 8.37. The average molecular weight is 298 g/mol. The summed E-state index contributed by atoms with van der Waals surface area (Å²) in [6, 6.07) is -0.734. The molecule has 2 unspecified atom stereocenters. The van der Waals surface area contributed by atoms with Crippen LogP contribution in [0.15, 0.2) is 0 Å². The molecular formula is C16H30N2O3. The van der Waals surface area contributed by atoms with Crippen LogP contribution in [0.4, 0.5) is 0 Å². The first-order valence-corrected chi connectivity index (χ1v) is 8.07. The van der Waals surface area contributed by atoms with Crippen molar-refractivity contribution in [1.82, 2.24) is 10.2 Å². The Kier molecular flexibility index (Phi) is 7.15. The van der Waals surface area contributed by atoms with Gasteiger partial charge in [-0.2, -0.15) is 0 Å². The van der Waals surface area contributed by atoms with Crippen LogP contribution in [0.3, 0.4) is 0 Å². The number of hydrogen-bond acceptors (Lipinski definition) is 3. The third kappa shape index (κ3) is 4.99. The molecule has 1 rings (SSSR count). The van der Waals surface area contributed by atoms with Crippen LogP contribution in [-0.4, -0.2) is 48.6 Å². The second-order valence-corrected chi connectivity index (χ2v) is 6.46. The van der Waals surface area contributed by atoms with Crippen LogP contribution in [-0.2, 0) is 14.3 Å². The largest absolute Gasteiger partial charge is 0.382 e. The number of rotatable bonds is 8. The first kappa shape index (κ1) is 18.0. The number of nitrogens with zero attached hydrogens (tertiary/aromatic N) is 1. The lowest BCUT2D eigenvalue weighted by Crippen LogP contribution is -2.65. The highest BCUT2D eigenvalue weighted by Crippen LogP contribution is 2.20. The summed E-state index contributed by atoms with van der Waals surface area (Å²) in [4.78, 5) is 26.8. The van der Waals surface area contributed by atoms with Crippen LogP contribution < -0.4 is 5.32 Å². The van der Waals surface area contributed by atoms with Gasteiger partial charge >= 0.3 is 0 Å². The molecule has 1 saturated heterocycles. The summed E-state index contributed by atoms with van der Waals surface area (Å²) in [5.41, 5.74) is 0. The normalized spacial score (nSPS) is 23.1. The van der Waals surface area contributed by atoms with Gasteiger partial charge in [-0.05, 0) is 31.6 Å². The van der Waals surface area contributed by atoms with Crippen molar-refractivity contribution in [2.45, 2.75) is 59.5 Å². The predicted octanol–water partition coefficient (Wildman–Crippen LogP) is 1.81. The molecule has 0 bridgehead atoms. The van der Waals surface area contributed by atoms with E-state index in [4.69, 9.17) is 4.74 Å². The molecule has 21 heavy (non-hydrogen) atoms. The van der Waals surface area contributed by atoms with Gasteiger partial charge in [0.1, 0.15) is 12.1 Å². The van der Waals surface area contributed by atoms with Crippen LogP contribution in [0, 0.1) is 11.8 Å². The molecule has 1 aliphatic rings. The van der Waals surface area contributed by atoms with E-state index in [-0.39, 0.29) is 29.8 Å². The van der Waals surface area contributed by atoms with Crippen molar-refractivity contribution >= 4 is 11.8 Å². The van der Waals surface area contributed by atoms with Crippen molar-refractivity contribution in [1.29, 1.82) is 0 Å². The maximum atomic E-state index is 12.7.